The Bertz CT molecular complexity index is 332. The Morgan fingerprint density at radius 1 is 1.54 bits per heavy atom. The maximum absolute atomic E-state index is 9.55. The number of pyridine rings is 1. The molecule has 0 aliphatic carbocycles. The van der Waals surface area contributed by atoms with Gasteiger partial charge in [-0.1, -0.05) is 12.2 Å². The molecule has 0 saturated carbocycles. The van der Waals surface area contributed by atoms with E-state index in [1.54, 1.807) is 19.2 Å². The Morgan fingerprint density at radius 2 is 2.23 bits per heavy atom. The number of aromatic hydroxyl groups is 1. The monoisotopic (exact) mass is 179 g/mol. The van der Waals surface area contributed by atoms with Crippen LogP contribution >= 0.6 is 0 Å². The molecule has 0 aliphatic heterocycles. The molecule has 0 saturated heterocycles. The predicted octanol–water partition coefficient (Wildman–Crippen LogP) is 1.62. The molecular formula is C10H13NO2. The summed E-state index contributed by atoms with van der Waals surface area (Å²) in [6.45, 7) is 3.40. The Balaban J connectivity index is 3.29. The van der Waals surface area contributed by atoms with Gasteiger partial charge < -0.3 is 10.2 Å². The molecule has 0 amide bonds. The smallest absolute Gasteiger partial charge is 0.142 e. The van der Waals surface area contributed by atoms with Crippen LogP contribution in [0.15, 0.2) is 12.3 Å². The highest BCUT2D eigenvalue weighted by Crippen LogP contribution is 2.24. The summed E-state index contributed by atoms with van der Waals surface area (Å²) in [5.74, 6) is 0.0816. The molecule has 70 valence electrons. The number of aryl methyl sites for hydroxylation is 1. The van der Waals surface area contributed by atoms with Crippen LogP contribution in [0.4, 0.5) is 0 Å². The number of allylic oxidation sites excluding steroid dienone is 1. The summed E-state index contributed by atoms with van der Waals surface area (Å²) in [4.78, 5) is 3.99. The Morgan fingerprint density at radius 3 is 2.77 bits per heavy atom. The SMILES string of the molecule is CC=Cc1cnc(C)c(O)c1CO. The summed E-state index contributed by atoms with van der Waals surface area (Å²) in [6, 6.07) is 0. The van der Waals surface area contributed by atoms with Crippen LogP contribution in [0.5, 0.6) is 5.75 Å². The van der Waals surface area contributed by atoms with Gasteiger partial charge in [0.25, 0.3) is 0 Å². The van der Waals surface area contributed by atoms with Crippen LogP contribution in [0.1, 0.15) is 23.7 Å². The molecule has 3 nitrogen and oxygen atoms in total. The summed E-state index contributed by atoms with van der Waals surface area (Å²) < 4.78 is 0. The molecular weight excluding hydrogens is 166 g/mol. The van der Waals surface area contributed by atoms with Gasteiger partial charge in [-0.25, -0.2) is 0 Å². The lowest BCUT2D eigenvalue weighted by molar-refractivity contribution is 0.274. The molecule has 0 spiro atoms. The maximum Gasteiger partial charge on any atom is 0.142 e. The summed E-state index contributed by atoms with van der Waals surface area (Å²) in [7, 11) is 0. The lowest BCUT2D eigenvalue weighted by atomic mass is 10.1. The van der Waals surface area contributed by atoms with Crippen LogP contribution in [-0.2, 0) is 6.61 Å². The predicted molar refractivity (Wildman–Crippen MR) is 51.3 cm³/mol. The molecule has 0 unspecified atom stereocenters. The summed E-state index contributed by atoms with van der Waals surface area (Å²) in [5, 5.41) is 18.6. The Kier molecular flexibility index (Phi) is 3.03. The number of nitrogens with zero attached hydrogens (tertiary/aromatic N) is 1. The second-order valence-electron chi connectivity index (χ2n) is 2.78. The van der Waals surface area contributed by atoms with Crippen LogP contribution < -0.4 is 0 Å². The topological polar surface area (TPSA) is 53.4 Å². The van der Waals surface area contributed by atoms with E-state index in [0.717, 1.165) is 5.56 Å². The van der Waals surface area contributed by atoms with Gasteiger partial charge in [0.05, 0.1) is 12.3 Å². The van der Waals surface area contributed by atoms with Gasteiger partial charge in [-0.15, -0.1) is 0 Å². The third-order valence-corrected chi connectivity index (χ3v) is 1.88. The van der Waals surface area contributed by atoms with Crippen molar-refractivity contribution in [2.24, 2.45) is 0 Å². The minimum atomic E-state index is -0.172. The molecule has 1 rings (SSSR count). The molecule has 1 aromatic heterocycles. The summed E-state index contributed by atoms with van der Waals surface area (Å²) >= 11 is 0. The first-order valence-corrected chi connectivity index (χ1v) is 4.11. The highest BCUT2D eigenvalue weighted by molar-refractivity contribution is 5.57. The van der Waals surface area contributed by atoms with Gasteiger partial charge in [-0.3, -0.25) is 4.98 Å². The molecule has 0 fully saturated rings. The van der Waals surface area contributed by atoms with Crippen molar-refractivity contribution in [2.45, 2.75) is 20.5 Å². The van der Waals surface area contributed by atoms with E-state index < -0.39 is 0 Å². The Hall–Kier alpha value is -1.35. The summed E-state index contributed by atoms with van der Waals surface area (Å²) in [6.07, 6.45) is 5.28. The highest BCUT2D eigenvalue weighted by Gasteiger charge is 2.07. The van der Waals surface area contributed by atoms with Crippen molar-refractivity contribution in [3.8, 4) is 5.75 Å². The van der Waals surface area contributed by atoms with Gasteiger partial charge in [-0.2, -0.15) is 0 Å². The van der Waals surface area contributed by atoms with Crippen molar-refractivity contribution in [3.05, 3.63) is 29.1 Å². The van der Waals surface area contributed by atoms with E-state index in [1.807, 2.05) is 13.0 Å². The van der Waals surface area contributed by atoms with Crippen molar-refractivity contribution >= 4 is 6.08 Å². The average Bonchev–Trinajstić information content (AvgIpc) is 2.12. The van der Waals surface area contributed by atoms with Crippen molar-refractivity contribution in [3.63, 3.8) is 0 Å². The molecule has 0 aliphatic rings. The molecule has 3 heteroatoms. The molecule has 1 heterocycles. The number of hydrogen-bond acceptors (Lipinski definition) is 3. The normalized spacial score (nSPS) is 11.0. The fourth-order valence-corrected chi connectivity index (χ4v) is 1.15. The number of rotatable bonds is 2. The van der Waals surface area contributed by atoms with Crippen LogP contribution in [0, 0.1) is 6.92 Å². The number of aliphatic hydroxyl groups excluding tert-OH is 1. The standard InChI is InChI=1S/C10H13NO2/c1-3-4-8-5-11-7(2)10(13)9(8)6-12/h3-5,12-13H,6H2,1-2H3. The second-order valence-corrected chi connectivity index (χ2v) is 2.78. The van der Waals surface area contributed by atoms with E-state index in [1.165, 1.54) is 0 Å². The molecule has 0 atom stereocenters. The lowest BCUT2D eigenvalue weighted by Gasteiger charge is -2.06. The average molecular weight is 179 g/mol. The van der Waals surface area contributed by atoms with E-state index in [9.17, 15) is 5.11 Å². The quantitative estimate of drug-likeness (QED) is 0.725. The van der Waals surface area contributed by atoms with Crippen LogP contribution in [0.2, 0.25) is 0 Å². The van der Waals surface area contributed by atoms with Crippen molar-refractivity contribution in [1.82, 2.24) is 4.98 Å². The zero-order valence-electron chi connectivity index (χ0n) is 7.78. The fourth-order valence-electron chi connectivity index (χ4n) is 1.15. The van der Waals surface area contributed by atoms with Crippen molar-refractivity contribution < 1.29 is 10.2 Å². The van der Waals surface area contributed by atoms with Crippen LogP contribution in [0.25, 0.3) is 6.08 Å². The van der Waals surface area contributed by atoms with Gasteiger partial charge in [0.15, 0.2) is 0 Å². The minimum Gasteiger partial charge on any atom is -0.506 e. The third kappa shape index (κ3) is 1.87. The molecule has 0 bridgehead atoms. The van der Waals surface area contributed by atoms with E-state index in [2.05, 4.69) is 4.98 Å². The zero-order chi connectivity index (χ0) is 9.84. The minimum absolute atomic E-state index is 0.0816. The van der Waals surface area contributed by atoms with E-state index in [4.69, 9.17) is 5.11 Å². The molecule has 13 heavy (non-hydrogen) atoms. The van der Waals surface area contributed by atoms with E-state index in [0.29, 0.717) is 11.3 Å². The number of aliphatic hydroxyl groups is 1. The van der Waals surface area contributed by atoms with Crippen molar-refractivity contribution in [1.29, 1.82) is 0 Å². The molecule has 1 aromatic rings. The number of aromatic nitrogens is 1. The summed E-state index contributed by atoms with van der Waals surface area (Å²) in [5.41, 5.74) is 1.83. The van der Waals surface area contributed by atoms with E-state index >= 15 is 0 Å². The largest absolute Gasteiger partial charge is 0.506 e. The highest BCUT2D eigenvalue weighted by atomic mass is 16.3. The maximum atomic E-state index is 9.55. The van der Waals surface area contributed by atoms with Gasteiger partial charge in [-0.05, 0) is 13.8 Å². The second kappa shape index (κ2) is 4.05. The number of hydrogen-bond donors (Lipinski definition) is 2. The lowest BCUT2D eigenvalue weighted by Crippen LogP contribution is -1.94. The first kappa shape index (κ1) is 9.74. The van der Waals surface area contributed by atoms with Gasteiger partial charge >= 0.3 is 0 Å². The van der Waals surface area contributed by atoms with Gasteiger partial charge in [0, 0.05) is 17.3 Å². The van der Waals surface area contributed by atoms with E-state index in [-0.39, 0.29) is 12.4 Å². The first-order valence-electron chi connectivity index (χ1n) is 4.11. The van der Waals surface area contributed by atoms with Crippen LogP contribution in [-0.4, -0.2) is 15.2 Å². The molecule has 2 N–H and O–H groups in total. The Labute approximate surface area is 77.4 Å². The first-order chi connectivity index (χ1) is 6.20. The van der Waals surface area contributed by atoms with Gasteiger partial charge in [0.1, 0.15) is 5.75 Å². The third-order valence-electron chi connectivity index (χ3n) is 1.88. The zero-order valence-corrected chi connectivity index (χ0v) is 7.78. The fraction of sp³-hybridized carbons (Fsp3) is 0.300. The van der Waals surface area contributed by atoms with Crippen molar-refractivity contribution in [2.75, 3.05) is 0 Å². The van der Waals surface area contributed by atoms with Crippen LogP contribution in [0.3, 0.4) is 0 Å². The molecule has 0 radical (unpaired) electrons. The van der Waals surface area contributed by atoms with Gasteiger partial charge in [0.2, 0.25) is 0 Å². The molecule has 0 aromatic carbocycles.